The Hall–Kier alpha value is -3.12. The van der Waals surface area contributed by atoms with Crippen molar-refractivity contribution in [2.75, 3.05) is 25.1 Å². The average molecular weight is 376 g/mol. The van der Waals surface area contributed by atoms with Gasteiger partial charge in [-0.05, 0) is 36.6 Å². The second-order valence-electron chi connectivity index (χ2n) is 7.26. The van der Waals surface area contributed by atoms with Gasteiger partial charge in [0.1, 0.15) is 11.5 Å². The van der Waals surface area contributed by atoms with Crippen molar-refractivity contribution in [2.45, 2.75) is 19.4 Å². The molecule has 0 saturated heterocycles. The zero-order chi connectivity index (χ0) is 19.7. The lowest BCUT2D eigenvalue weighted by molar-refractivity contribution is 0.0911. The van der Waals surface area contributed by atoms with Gasteiger partial charge in [-0.3, -0.25) is 4.79 Å². The summed E-state index contributed by atoms with van der Waals surface area (Å²) in [4.78, 5) is 22.4. The Morgan fingerprint density at radius 3 is 3.00 bits per heavy atom. The number of anilines is 1. The summed E-state index contributed by atoms with van der Waals surface area (Å²) in [7, 11) is 2.04. The van der Waals surface area contributed by atoms with E-state index in [1.165, 1.54) is 5.56 Å². The molecule has 1 aliphatic rings. The number of aliphatic hydroxyl groups is 1. The summed E-state index contributed by atoms with van der Waals surface area (Å²) in [6.45, 7) is 2.78. The minimum Gasteiger partial charge on any atom is -0.394 e. The Morgan fingerprint density at radius 2 is 2.21 bits per heavy atom. The van der Waals surface area contributed by atoms with E-state index in [1.807, 2.05) is 62.8 Å². The van der Waals surface area contributed by atoms with Crippen molar-refractivity contribution < 1.29 is 9.90 Å². The molecule has 28 heavy (non-hydrogen) atoms. The second kappa shape index (κ2) is 7.48. The van der Waals surface area contributed by atoms with Crippen molar-refractivity contribution in [1.82, 2.24) is 15.3 Å². The molecule has 2 aromatic heterocycles. The van der Waals surface area contributed by atoms with Crippen LogP contribution < -0.4 is 10.2 Å². The van der Waals surface area contributed by atoms with Gasteiger partial charge in [0.25, 0.3) is 5.91 Å². The second-order valence-corrected chi connectivity index (χ2v) is 7.26. The van der Waals surface area contributed by atoms with Crippen LogP contribution >= 0.6 is 0 Å². The van der Waals surface area contributed by atoms with E-state index in [9.17, 15) is 9.90 Å². The molecule has 0 radical (unpaired) electrons. The number of aryl methyl sites for hydroxylation is 1. The topological polar surface area (TPSA) is 81.2 Å². The third-order valence-electron chi connectivity index (χ3n) is 5.26. The first-order valence-corrected chi connectivity index (χ1v) is 9.43. The third kappa shape index (κ3) is 3.39. The molecular weight excluding hydrogens is 352 g/mol. The number of aromatic nitrogens is 2. The number of rotatable bonds is 5. The number of aliphatic hydroxyl groups excluding tert-OH is 1. The van der Waals surface area contributed by atoms with Gasteiger partial charge in [0.05, 0.1) is 12.6 Å². The molecule has 4 rings (SSSR count). The molecule has 6 heteroatoms. The maximum absolute atomic E-state index is 12.7. The lowest BCUT2D eigenvalue weighted by atomic mass is 10.0. The van der Waals surface area contributed by atoms with Gasteiger partial charge in [-0.2, -0.15) is 0 Å². The fourth-order valence-electron chi connectivity index (χ4n) is 3.75. The maximum atomic E-state index is 12.7. The molecule has 6 nitrogen and oxygen atoms in total. The highest BCUT2D eigenvalue weighted by atomic mass is 16.3. The first-order chi connectivity index (χ1) is 13.6. The van der Waals surface area contributed by atoms with E-state index >= 15 is 0 Å². The van der Waals surface area contributed by atoms with E-state index in [1.54, 1.807) is 0 Å². The van der Waals surface area contributed by atoms with Crippen LogP contribution in [0.3, 0.4) is 0 Å². The van der Waals surface area contributed by atoms with E-state index < -0.39 is 6.04 Å². The van der Waals surface area contributed by atoms with E-state index in [-0.39, 0.29) is 12.5 Å². The fourth-order valence-corrected chi connectivity index (χ4v) is 3.75. The van der Waals surface area contributed by atoms with Gasteiger partial charge in [0.2, 0.25) is 0 Å². The fraction of sp³-hybridized carbons (Fsp3) is 0.273. The van der Waals surface area contributed by atoms with Crippen LogP contribution in [-0.2, 0) is 6.42 Å². The molecule has 0 spiro atoms. The minimum absolute atomic E-state index is 0.160. The Bertz CT molecular complexity index is 1010. The van der Waals surface area contributed by atoms with Gasteiger partial charge in [-0.25, -0.2) is 4.98 Å². The van der Waals surface area contributed by atoms with Gasteiger partial charge in [0, 0.05) is 37.1 Å². The van der Waals surface area contributed by atoms with Crippen LogP contribution in [0.25, 0.3) is 11.1 Å². The van der Waals surface area contributed by atoms with Gasteiger partial charge < -0.3 is 20.3 Å². The van der Waals surface area contributed by atoms with Gasteiger partial charge in [0.15, 0.2) is 0 Å². The van der Waals surface area contributed by atoms with Crippen LogP contribution in [0.4, 0.5) is 5.82 Å². The van der Waals surface area contributed by atoms with Crippen LogP contribution in [-0.4, -0.2) is 41.2 Å². The Balaban J connectivity index is 1.55. The van der Waals surface area contributed by atoms with E-state index in [2.05, 4.69) is 20.2 Å². The number of nitrogens with one attached hydrogen (secondary N) is 2. The highest BCUT2D eigenvalue weighted by Gasteiger charge is 2.22. The Labute approximate surface area is 164 Å². The van der Waals surface area contributed by atoms with Crippen molar-refractivity contribution in [3.63, 3.8) is 0 Å². The summed E-state index contributed by atoms with van der Waals surface area (Å²) in [5.41, 5.74) is 5.72. The number of benzene rings is 1. The molecule has 0 aliphatic carbocycles. The Kier molecular flexibility index (Phi) is 4.88. The molecule has 0 saturated carbocycles. The summed E-state index contributed by atoms with van der Waals surface area (Å²) < 4.78 is 0. The summed E-state index contributed by atoms with van der Waals surface area (Å²) in [6.07, 6.45) is 4.60. The highest BCUT2D eigenvalue weighted by molar-refractivity contribution is 5.94. The Morgan fingerprint density at radius 1 is 1.36 bits per heavy atom. The predicted octanol–water partition coefficient (Wildman–Crippen LogP) is 2.84. The monoisotopic (exact) mass is 376 g/mol. The molecule has 1 aliphatic heterocycles. The van der Waals surface area contributed by atoms with Crippen LogP contribution in [0, 0.1) is 6.92 Å². The van der Waals surface area contributed by atoms with Gasteiger partial charge in [-0.15, -0.1) is 0 Å². The van der Waals surface area contributed by atoms with E-state index in [4.69, 9.17) is 0 Å². The molecule has 3 aromatic rings. The molecule has 3 N–H and O–H groups in total. The van der Waals surface area contributed by atoms with Crippen molar-refractivity contribution in [1.29, 1.82) is 0 Å². The smallest absolute Gasteiger partial charge is 0.268 e. The molecule has 0 unspecified atom stereocenters. The lowest BCUT2D eigenvalue weighted by Crippen LogP contribution is -2.31. The van der Waals surface area contributed by atoms with Gasteiger partial charge in [-0.1, -0.05) is 29.8 Å². The number of hydrogen-bond acceptors (Lipinski definition) is 4. The molecule has 0 bridgehead atoms. The zero-order valence-electron chi connectivity index (χ0n) is 16.1. The highest BCUT2D eigenvalue weighted by Crippen LogP contribution is 2.33. The van der Waals surface area contributed by atoms with Crippen LogP contribution in [0.15, 0.2) is 48.8 Å². The number of H-pyrrole nitrogens is 1. The van der Waals surface area contributed by atoms with Crippen LogP contribution in [0.5, 0.6) is 0 Å². The minimum atomic E-state index is -0.446. The molecule has 144 valence electrons. The van der Waals surface area contributed by atoms with Crippen LogP contribution in [0.1, 0.15) is 33.2 Å². The molecule has 1 aromatic carbocycles. The third-order valence-corrected chi connectivity index (χ3v) is 5.26. The summed E-state index contributed by atoms with van der Waals surface area (Å²) in [6, 6.07) is 11.2. The normalized spacial score (nSPS) is 14.0. The first-order valence-electron chi connectivity index (χ1n) is 9.43. The largest absolute Gasteiger partial charge is 0.394 e. The summed E-state index contributed by atoms with van der Waals surface area (Å²) in [5, 5.41) is 12.7. The molecule has 1 amide bonds. The molecule has 3 heterocycles. The first kappa shape index (κ1) is 18.3. The predicted molar refractivity (Wildman–Crippen MR) is 109 cm³/mol. The van der Waals surface area contributed by atoms with Crippen molar-refractivity contribution in [3.05, 3.63) is 71.2 Å². The number of likely N-dealkylation sites (N-methyl/N-ethyl adjacent to an activating group) is 1. The standard InChI is InChI=1S/C22H24N4O2/c1-14-4-3-5-15(10-14)20(13-27)25-22(28)19-11-16(12-24-19)17-6-8-23-21-18(17)7-9-26(21)2/h3-6,8,10-12,20,24,27H,7,9,13H2,1-2H3,(H,25,28)/t20-/m1/s1. The van der Waals surface area contributed by atoms with Crippen LogP contribution in [0.2, 0.25) is 0 Å². The number of aromatic amines is 1. The molecule has 1 atom stereocenters. The van der Waals surface area contributed by atoms with Crippen molar-refractivity contribution in [2.24, 2.45) is 0 Å². The van der Waals surface area contributed by atoms with Gasteiger partial charge >= 0.3 is 0 Å². The number of pyridine rings is 1. The summed E-state index contributed by atoms with van der Waals surface area (Å²) in [5.74, 6) is 0.763. The number of nitrogens with zero attached hydrogens (tertiary/aromatic N) is 2. The number of carbonyl (C=O) groups excluding carboxylic acids is 1. The van der Waals surface area contributed by atoms with Crippen molar-refractivity contribution >= 4 is 11.7 Å². The molecular formula is C22H24N4O2. The maximum Gasteiger partial charge on any atom is 0.268 e. The number of hydrogen-bond donors (Lipinski definition) is 3. The van der Waals surface area contributed by atoms with Crippen molar-refractivity contribution in [3.8, 4) is 11.1 Å². The number of carbonyl (C=O) groups is 1. The van der Waals surface area contributed by atoms with E-state index in [0.29, 0.717) is 5.69 Å². The average Bonchev–Trinajstić information content (AvgIpc) is 3.33. The zero-order valence-corrected chi connectivity index (χ0v) is 16.1. The lowest BCUT2D eigenvalue weighted by Gasteiger charge is -2.16. The quantitative estimate of drug-likeness (QED) is 0.640. The molecule has 0 fully saturated rings. The van der Waals surface area contributed by atoms with E-state index in [0.717, 1.165) is 41.0 Å². The number of amides is 1. The number of fused-ring (bicyclic) bond motifs is 1. The SMILES string of the molecule is Cc1cccc([C@@H](CO)NC(=O)c2cc(-c3ccnc4c3CCN4C)c[nH]2)c1. The summed E-state index contributed by atoms with van der Waals surface area (Å²) >= 11 is 0.